The van der Waals surface area contributed by atoms with Crippen molar-refractivity contribution >= 4 is 29.1 Å². The van der Waals surface area contributed by atoms with Crippen LogP contribution >= 0.6 is 23.2 Å². The van der Waals surface area contributed by atoms with Crippen LogP contribution in [0, 0.1) is 6.92 Å². The van der Waals surface area contributed by atoms with Crippen LogP contribution in [0.25, 0.3) is 0 Å². The minimum absolute atomic E-state index is 0.0563. The minimum Gasteiger partial charge on any atom is -0.444 e. The van der Waals surface area contributed by atoms with Gasteiger partial charge in [0.2, 0.25) is 5.89 Å². The third kappa shape index (κ3) is 3.24. The van der Waals surface area contributed by atoms with Crippen molar-refractivity contribution in [2.24, 2.45) is 0 Å². The fourth-order valence-corrected chi connectivity index (χ4v) is 1.92. The van der Waals surface area contributed by atoms with Crippen LogP contribution in [0.5, 0.6) is 0 Å². The molecule has 0 saturated heterocycles. The molecular formula is C12H11Cl2N3O2. The maximum Gasteiger partial charge on any atom is 0.255 e. The van der Waals surface area contributed by atoms with Crippen LogP contribution in [0.15, 0.2) is 22.7 Å². The first-order chi connectivity index (χ1) is 8.97. The summed E-state index contributed by atoms with van der Waals surface area (Å²) in [6, 6.07) is 2.65. The molecule has 0 spiro atoms. The van der Waals surface area contributed by atoms with Gasteiger partial charge in [-0.25, -0.2) is 9.97 Å². The molecule has 19 heavy (non-hydrogen) atoms. The number of carbonyl (C=O) groups excluding carboxylic acids is 1. The molecule has 5 nitrogen and oxygen atoms in total. The van der Waals surface area contributed by atoms with Crippen molar-refractivity contribution in [2.45, 2.75) is 19.9 Å². The summed E-state index contributed by atoms with van der Waals surface area (Å²) in [6.07, 6.45) is 1.59. The van der Waals surface area contributed by atoms with E-state index in [1.807, 2.05) is 0 Å². The molecule has 0 aromatic carbocycles. The Labute approximate surface area is 119 Å². The van der Waals surface area contributed by atoms with Crippen LogP contribution < -0.4 is 5.32 Å². The Bertz CT molecular complexity index is 613. The van der Waals surface area contributed by atoms with E-state index < -0.39 is 0 Å². The molecule has 0 saturated carbocycles. The standard InChI is InChI=1S/C12H11Cl2N3O2/c1-6-5-15-12(19-6)7(2)16-11(18)8-3-4-9(13)17-10(8)14/h3-5,7H,1-2H3,(H,16,18). The van der Waals surface area contributed by atoms with Crippen LogP contribution in [-0.2, 0) is 0 Å². The molecule has 2 aromatic rings. The molecule has 7 heteroatoms. The lowest BCUT2D eigenvalue weighted by molar-refractivity contribution is 0.0933. The molecule has 100 valence electrons. The van der Waals surface area contributed by atoms with Crippen molar-refractivity contribution in [1.29, 1.82) is 0 Å². The monoisotopic (exact) mass is 299 g/mol. The second-order valence-corrected chi connectivity index (χ2v) is 4.72. The summed E-state index contributed by atoms with van der Waals surface area (Å²) in [5.74, 6) is 0.753. The summed E-state index contributed by atoms with van der Waals surface area (Å²) in [7, 11) is 0. The predicted octanol–water partition coefficient (Wildman–Crippen LogP) is 3.18. The van der Waals surface area contributed by atoms with E-state index >= 15 is 0 Å². The highest BCUT2D eigenvalue weighted by Gasteiger charge is 2.18. The zero-order valence-electron chi connectivity index (χ0n) is 10.3. The van der Waals surface area contributed by atoms with Gasteiger partial charge in [0.25, 0.3) is 5.91 Å². The van der Waals surface area contributed by atoms with E-state index in [4.69, 9.17) is 27.6 Å². The lowest BCUT2D eigenvalue weighted by Crippen LogP contribution is -2.27. The van der Waals surface area contributed by atoms with Gasteiger partial charge in [-0.3, -0.25) is 4.79 Å². The number of hydrogen-bond acceptors (Lipinski definition) is 4. The molecule has 0 bridgehead atoms. The van der Waals surface area contributed by atoms with E-state index in [0.717, 1.165) is 0 Å². The Morgan fingerprint density at radius 3 is 2.74 bits per heavy atom. The van der Waals surface area contributed by atoms with Gasteiger partial charge in [0, 0.05) is 0 Å². The number of amides is 1. The highest BCUT2D eigenvalue weighted by molar-refractivity contribution is 6.34. The lowest BCUT2D eigenvalue weighted by Gasteiger charge is -2.11. The van der Waals surface area contributed by atoms with Gasteiger partial charge in [-0.15, -0.1) is 0 Å². The number of nitrogens with zero attached hydrogens (tertiary/aromatic N) is 2. The Morgan fingerprint density at radius 1 is 1.42 bits per heavy atom. The summed E-state index contributed by atoms with van der Waals surface area (Å²) >= 11 is 11.5. The number of carbonyl (C=O) groups is 1. The molecule has 0 fully saturated rings. The summed E-state index contributed by atoms with van der Waals surface area (Å²) in [4.78, 5) is 19.9. The van der Waals surface area contributed by atoms with Crippen LogP contribution in [0.2, 0.25) is 10.3 Å². The lowest BCUT2D eigenvalue weighted by atomic mass is 10.2. The molecule has 1 amide bonds. The number of rotatable bonds is 3. The average molecular weight is 300 g/mol. The molecule has 1 atom stereocenters. The number of pyridine rings is 1. The van der Waals surface area contributed by atoms with Crippen molar-refractivity contribution < 1.29 is 9.21 Å². The van der Waals surface area contributed by atoms with Gasteiger partial charge in [0.1, 0.15) is 22.1 Å². The van der Waals surface area contributed by atoms with Crippen molar-refractivity contribution in [1.82, 2.24) is 15.3 Å². The second-order valence-electron chi connectivity index (χ2n) is 3.98. The normalized spacial score (nSPS) is 12.2. The first-order valence-corrected chi connectivity index (χ1v) is 6.28. The van der Waals surface area contributed by atoms with Crippen LogP contribution in [-0.4, -0.2) is 15.9 Å². The number of halogens is 2. The summed E-state index contributed by atoms with van der Waals surface area (Å²) in [6.45, 7) is 3.55. The Balaban J connectivity index is 2.12. The summed E-state index contributed by atoms with van der Waals surface area (Å²) in [5.41, 5.74) is 0.251. The molecule has 2 aromatic heterocycles. The first kappa shape index (κ1) is 13.8. The van der Waals surface area contributed by atoms with Crippen molar-refractivity contribution in [3.8, 4) is 0 Å². The number of hydrogen-bond donors (Lipinski definition) is 1. The Kier molecular flexibility index (Phi) is 4.07. The van der Waals surface area contributed by atoms with E-state index in [9.17, 15) is 4.79 Å². The molecule has 0 aliphatic carbocycles. The highest BCUT2D eigenvalue weighted by Crippen LogP contribution is 2.18. The van der Waals surface area contributed by atoms with Crippen molar-refractivity contribution in [3.63, 3.8) is 0 Å². The maximum absolute atomic E-state index is 12.0. The van der Waals surface area contributed by atoms with E-state index in [0.29, 0.717) is 11.7 Å². The van der Waals surface area contributed by atoms with Crippen LogP contribution in [0.3, 0.4) is 0 Å². The highest BCUT2D eigenvalue weighted by atomic mass is 35.5. The first-order valence-electron chi connectivity index (χ1n) is 5.52. The van der Waals surface area contributed by atoms with E-state index in [1.54, 1.807) is 20.0 Å². The molecule has 1 N–H and O–H groups in total. The summed E-state index contributed by atoms with van der Waals surface area (Å²) < 4.78 is 5.34. The number of aryl methyl sites for hydroxylation is 1. The van der Waals surface area contributed by atoms with Gasteiger partial charge in [0.15, 0.2) is 0 Å². The van der Waals surface area contributed by atoms with Crippen molar-refractivity contribution in [3.05, 3.63) is 45.9 Å². The zero-order valence-corrected chi connectivity index (χ0v) is 11.8. The van der Waals surface area contributed by atoms with Gasteiger partial charge in [-0.05, 0) is 26.0 Å². The number of aromatic nitrogens is 2. The largest absolute Gasteiger partial charge is 0.444 e. The van der Waals surface area contributed by atoms with Gasteiger partial charge >= 0.3 is 0 Å². The van der Waals surface area contributed by atoms with Crippen LogP contribution in [0.4, 0.5) is 0 Å². The SMILES string of the molecule is Cc1cnc(C(C)NC(=O)c2ccc(Cl)nc2Cl)o1. The maximum atomic E-state index is 12.0. The molecule has 0 aliphatic rings. The molecule has 1 unspecified atom stereocenters. The van der Waals surface area contributed by atoms with Gasteiger partial charge in [0.05, 0.1) is 11.8 Å². The third-order valence-corrected chi connectivity index (χ3v) is 2.92. The minimum atomic E-state index is -0.368. The van der Waals surface area contributed by atoms with Gasteiger partial charge in [-0.2, -0.15) is 0 Å². The topological polar surface area (TPSA) is 68.0 Å². The quantitative estimate of drug-likeness (QED) is 0.884. The van der Waals surface area contributed by atoms with Gasteiger partial charge in [-0.1, -0.05) is 23.2 Å². The van der Waals surface area contributed by atoms with E-state index in [-0.39, 0.29) is 27.8 Å². The third-order valence-electron chi connectivity index (χ3n) is 2.42. The zero-order chi connectivity index (χ0) is 14.0. The fraction of sp³-hybridized carbons (Fsp3) is 0.250. The number of nitrogens with one attached hydrogen (secondary N) is 1. The van der Waals surface area contributed by atoms with E-state index in [2.05, 4.69) is 15.3 Å². The molecule has 0 aliphatic heterocycles. The van der Waals surface area contributed by atoms with Crippen molar-refractivity contribution in [2.75, 3.05) is 0 Å². The molecule has 0 radical (unpaired) electrons. The van der Waals surface area contributed by atoms with Crippen LogP contribution in [0.1, 0.15) is 35.0 Å². The van der Waals surface area contributed by atoms with E-state index in [1.165, 1.54) is 12.1 Å². The predicted molar refractivity (Wildman–Crippen MR) is 71.4 cm³/mol. The fourth-order valence-electron chi connectivity index (χ4n) is 1.49. The Hall–Kier alpha value is -1.59. The Morgan fingerprint density at radius 2 is 2.16 bits per heavy atom. The number of oxazole rings is 1. The summed E-state index contributed by atoms with van der Waals surface area (Å²) in [5, 5.41) is 3.01. The molecule has 2 rings (SSSR count). The van der Waals surface area contributed by atoms with Gasteiger partial charge < -0.3 is 9.73 Å². The molecule has 2 heterocycles. The molecular weight excluding hydrogens is 289 g/mol. The second kappa shape index (κ2) is 5.59. The smallest absolute Gasteiger partial charge is 0.255 e. The average Bonchev–Trinajstić information content (AvgIpc) is 2.75.